The monoisotopic (exact) mass is 417 g/mol. The number of nitrogens with one attached hydrogen (secondary N) is 4. The Balaban J connectivity index is 2.26. The lowest BCUT2D eigenvalue weighted by Gasteiger charge is -2.17. The summed E-state index contributed by atoms with van der Waals surface area (Å²) in [6, 6.07) is 3.94. The van der Waals surface area contributed by atoms with E-state index in [9.17, 15) is 18.4 Å². The highest BCUT2D eigenvalue weighted by Crippen LogP contribution is 2.36. The highest BCUT2D eigenvalue weighted by molar-refractivity contribution is 6.37. The Morgan fingerprint density at radius 1 is 1.43 bits per heavy atom. The summed E-state index contributed by atoms with van der Waals surface area (Å²) in [6.07, 6.45) is -1.14. The number of nitriles is 1. The van der Waals surface area contributed by atoms with Gasteiger partial charge in [-0.3, -0.25) is 20.4 Å². The fourth-order valence-corrected chi connectivity index (χ4v) is 2.22. The zero-order chi connectivity index (χ0) is 20.7. The van der Waals surface area contributed by atoms with E-state index in [0.717, 1.165) is 12.1 Å². The van der Waals surface area contributed by atoms with Crippen LogP contribution in [0.15, 0.2) is 17.2 Å². The van der Waals surface area contributed by atoms with E-state index >= 15 is 0 Å². The maximum Gasteiger partial charge on any atom is 0.411 e. The lowest BCUT2D eigenvalue weighted by atomic mass is 10.1. The van der Waals surface area contributed by atoms with Gasteiger partial charge in [0.25, 0.3) is 5.91 Å². The zero-order valence-electron chi connectivity index (χ0n) is 14.3. The summed E-state index contributed by atoms with van der Waals surface area (Å²) < 4.78 is 34.3. The quantitative estimate of drug-likeness (QED) is 0.508. The van der Waals surface area contributed by atoms with Crippen LogP contribution in [0.3, 0.4) is 0 Å². The third-order valence-electron chi connectivity index (χ3n) is 3.16. The predicted octanol–water partition coefficient (Wildman–Crippen LogP) is 1.36. The first-order chi connectivity index (χ1) is 13.3. The summed E-state index contributed by atoms with van der Waals surface area (Å²) in [5, 5.41) is 17.7. The molecule has 1 aliphatic rings. The van der Waals surface area contributed by atoms with Gasteiger partial charge in [-0.05, 0) is 12.1 Å². The fraction of sp³-hybridized carbons (Fsp3) is 0.286. The number of hydrogen-bond acceptors (Lipinski definition) is 9. The molecule has 1 aromatic rings. The Morgan fingerprint density at radius 2 is 2.18 bits per heavy atom. The molecule has 11 nitrogen and oxygen atoms in total. The average Bonchev–Trinajstić information content (AvgIpc) is 3.02. The number of halogens is 3. The molecule has 0 saturated heterocycles. The van der Waals surface area contributed by atoms with Crippen molar-refractivity contribution in [2.45, 2.75) is 13.0 Å². The number of benzene rings is 1. The van der Waals surface area contributed by atoms with Gasteiger partial charge in [0.15, 0.2) is 5.75 Å². The summed E-state index contributed by atoms with van der Waals surface area (Å²) in [7, 11) is 1.56. The molecule has 2 rings (SSSR count). The Hall–Kier alpha value is -3.37. The molecular weight excluding hydrogens is 404 g/mol. The van der Waals surface area contributed by atoms with Crippen molar-refractivity contribution in [3.8, 4) is 11.8 Å². The number of guanidine groups is 1. The Morgan fingerprint density at radius 3 is 2.79 bits per heavy atom. The highest BCUT2D eigenvalue weighted by atomic mass is 35.5. The van der Waals surface area contributed by atoms with Crippen LogP contribution < -0.4 is 26.4 Å². The van der Waals surface area contributed by atoms with Crippen molar-refractivity contribution in [1.29, 1.82) is 5.26 Å². The molecule has 28 heavy (non-hydrogen) atoms. The van der Waals surface area contributed by atoms with Crippen molar-refractivity contribution in [2.24, 2.45) is 5.10 Å². The number of hydrazone groups is 1. The van der Waals surface area contributed by atoms with Crippen molar-refractivity contribution >= 4 is 35.2 Å². The number of rotatable bonds is 6. The zero-order valence-corrected chi connectivity index (χ0v) is 15.0. The van der Waals surface area contributed by atoms with Gasteiger partial charge in [0.05, 0.1) is 23.1 Å². The number of hydrogen-bond donors (Lipinski definition) is 4. The molecule has 1 aromatic carbocycles. The van der Waals surface area contributed by atoms with Crippen molar-refractivity contribution in [2.75, 3.05) is 19.0 Å². The Labute approximate surface area is 162 Å². The molecule has 0 radical (unpaired) electrons. The van der Waals surface area contributed by atoms with Crippen molar-refractivity contribution < 1.29 is 27.8 Å². The maximum absolute atomic E-state index is 12.6. The third kappa shape index (κ3) is 5.32. The minimum Gasteiger partial charge on any atom is -0.448 e. The molecule has 1 aliphatic heterocycles. The van der Waals surface area contributed by atoms with Crippen LogP contribution >= 0.6 is 11.6 Å². The third-order valence-corrected chi connectivity index (χ3v) is 3.55. The first-order valence-electron chi connectivity index (χ1n) is 7.55. The fourth-order valence-electron chi connectivity index (χ4n) is 1.93. The number of carbonyl (C=O) groups is 2. The topological polar surface area (TPSA) is 140 Å². The van der Waals surface area contributed by atoms with Crippen LogP contribution in [-0.4, -0.2) is 43.2 Å². The second-order valence-electron chi connectivity index (χ2n) is 5.02. The minimum absolute atomic E-state index is 0.0678. The van der Waals surface area contributed by atoms with Gasteiger partial charge < -0.3 is 9.47 Å². The molecule has 0 aromatic heterocycles. The lowest BCUT2D eigenvalue weighted by Crippen LogP contribution is -2.45. The number of alkyl halides is 2. The van der Waals surface area contributed by atoms with Gasteiger partial charge in [-0.2, -0.15) is 14.0 Å². The van der Waals surface area contributed by atoms with Crippen molar-refractivity contribution in [3.63, 3.8) is 0 Å². The second kappa shape index (κ2) is 9.53. The Bertz CT molecular complexity index is 831. The van der Waals surface area contributed by atoms with Crippen LogP contribution in [0.2, 0.25) is 5.02 Å². The van der Waals surface area contributed by atoms with Crippen LogP contribution in [0.25, 0.3) is 0 Å². The van der Waals surface area contributed by atoms with E-state index in [1.807, 2.05) is 0 Å². The standard InChI is InChI=1S/C14H14ClF2N7O4/c1-24-13(21-22-23-24)20-11(25)7-3-4-8(28-12(16)17)10(9(7)15)19-14(26)27-6-2-5-18/h3-4,12,22-23H,2,6H2,1H3,(H,19,26)(H,20,21,25). The van der Waals surface area contributed by atoms with E-state index in [2.05, 4.69) is 31.5 Å². The van der Waals surface area contributed by atoms with E-state index in [1.54, 1.807) is 13.1 Å². The normalized spacial score (nSPS) is 12.7. The molecule has 2 amide bonds. The first kappa shape index (κ1) is 20.9. The minimum atomic E-state index is -3.20. The van der Waals surface area contributed by atoms with Gasteiger partial charge in [-0.15, -0.1) is 10.6 Å². The van der Waals surface area contributed by atoms with E-state index in [0.29, 0.717) is 0 Å². The van der Waals surface area contributed by atoms with Gasteiger partial charge >= 0.3 is 12.7 Å². The number of carbonyl (C=O) groups excluding carboxylic acids is 2. The molecule has 0 unspecified atom stereocenters. The molecule has 150 valence electrons. The molecule has 0 bridgehead atoms. The average molecular weight is 418 g/mol. The molecule has 14 heteroatoms. The molecule has 0 spiro atoms. The molecule has 0 aliphatic carbocycles. The Kier molecular flexibility index (Phi) is 7.13. The van der Waals surface area contributed by atoms with E-state index in [1.165, 1.54) is 5.01 Å². The summed E-state index contributed by atoms with van der Waals surface area (Å²) in [5.74, 6) is -1.10. The van der Waals surface area contributed by atoms with Crippen LogP contribution in [0.4, 0.5) is 19.3 Å². The number of amides is 2. The van der Waals surface area contributed by atoms with Gasteiger partial charge in [0.1, 0.15) is 12.3 Å². The van der Waals surface area contributed by atoms with Crippen LogP contribution in [0.1, 0.15) is 16.8 Å². The molecule has 4 N–H and O–H groups in total. The van der Waals surface area contributed by atoms with Crippen LogP contribution in [0.5, 0.6) is 5.75 Å². The highest BCUT2D eigenvalue weighted by Gasteiger charge is 2.24. The molecule has 0 atom stereocenters. The number of nitrogens with zero attached hydrogens (tertiary/aromatic N) is 3. The summed E-state index contributed by atoms with van der Waals surface area (Å²) in [4.78, 5) is 24.2. The predicted molar refractivity (Wildman–Crippen MR) is 92.2 cm³/mol. The number of ether oxygens (including phenoxy) is 2. The molecule has 0 saturated carbocycles. The van der Waals surface area contributed by atoms with E-state index < -0.39 is 30.0 Å². The summed E-state index contributed by atoms with van der Waals surface area (Å²) in [6.45, 7) is -3.43. The first-order valence-corrected chi connectivity index (χ1v) is 7.92. The SMILES string of the molecule is CN1NNN=C1NC(=O)c1ccc(OC(F)F)c(NC(=O)OCCC#N)c1Cl. The van der Waals surface area contributed by atoms with Gasteiger partial charge in [0.2, 0.25) is 5.96 Å². The largest absolute Gasteiger partial charge is 0.448 e. The van der Waals surface area contributed by atoms with Gasteiger partial charge in [0, 0.05) is 7.05 Å². The van der Waals surface area contributed by atoms with Crippen molar-refractivity contribution in [1.82, 2.24) is 21.4 Å². The number of anilines is 1. The lowest BCUT2D eigenvalue weighted by molar-refractivity contribution is -0.0493. The van der Waals surface area contributed by atoms with Crippen LogP contribution in [-0.2, 0) is 4.74 Å². The van der Waals surface area contributed by atoms with E-state index in [4.69, 9.17) is 21.6 Å². The smallest absolute Gasteiger partial charge is 0.411 e. The van der Waals surface area contributed by atoms with Crippen molar-refractivity contribution in [3.05, 3.63) is 22.7 Å². The molecular formula is C14H14ClF2N7O4. The molecule has 1 heterocycles. The van der Waals surface area contributed by atoms with Gasteiger partial charge in [-0.25, -0.2) is 10.3 Å². The molecule has 0 fully saturated rings. The van der Waals surface area contributed by atoms with Crippen LogP contribution in [0, 0.1) is 11.3 Å². The summed E-state index contributed by atoms with van der Waals surface area (Å²) >= 11 is 6.13. The van der Waals surface area contributed by atoms with Gasteiger partial charge in [-0.1, -0.05) is 11.6 Å². The number of hydrazine groups is 2. The van der Waals surface area contributed by atoms with E-state index in [-0.39, 0.29) is 29.6 Å². The second-order valence-corrected chi connectivity index (χ2v) is 5.40. The maximum atomic E-state index is 12.6. The summed E-state index contributed by atoms with van der Waals surface area (Å²) in [5.41, 5.74) is 4.42.